The molecule has 0 amide bonds. The fourth-order valence-electron chi connectivity index (χ4n) is 3.87. The molecule has 5 aromatic rings. The van der Waals surface area contributed by atoms with E-state index in [0.29, 0.717) is 17.9 Å². The van der Waals surface area contributed by atoms with Crippen LogP contribution >= 0.6 is 7.75 Å². The van der Waals surface area contributed by atoms with Gasteiger partial charge in [-0.2, -0.15) is 0 Å². The van der Waals surface area contributed by atoms with Crippen LogP contribution in [0, 0.1) is 0 Å². The average Bonchev–Trinajstić information content (AvgIpc) is 2.91. The summed E-state index contributed by atoms with van der Waals surface area (Å²) in [4.78, 5) is 37.3. The van der Waals surface area contributed by atoms with E-state index in [0.717, 1.165) is 28.4 Å². The molecule has 0 fully saturated rings. The zero-order valence-corrected chi connectivity index (χ0v) is 24.3. The van der Waals surface area contributed by atoms with Gasteiger partial charge in [-0.05, 0) is 35.4 Å². The second kappa shape index (κ2) is 12.0. The van der Waals surface area contributed by atoms with Gasteiger partial charge in [0.15, 0.2) is 5.82 Å². The van der Waals surface area contributed by atoms with Crippen LogP contribution in [0.3, 0.4) is 0 Å². The maximum absolute atomic E-state index is 12.4. The first-order valence-corrected chi connectivity index (χ1v) is 14.3. The molecule has 0 radical (unpaired) electrons. The third-order valence-electron chi connectivity index (χ3n) is 5.49. The standard InChI is InChI=1S/C25H21N6O5PS.Na/c32-37(33,34)31-38(35,36)20-13-18(14-26-16-20)24-29-22-11-6-10-21(17-7-2-1-3-8-17)23(22)25(30-24)28-15-19-9-4-5-12-27-19;/h1-14,16H,15H2,(H,28,29,30)(H3,31,32,33,34);/q;+1/p-1. The largest absolute Gasteiger partial charge is 1.00 e. The van der Waals surface area contributed by atoms with Gasteiger partial charge in [-0.15, -0.1) is 4.49 Å². The molecule has 39 heavy (non-hydrogen) atoms. The summed E-state index contributed by atoms with van der Waals surface area (Å²) in [5.74, 6) is 0.644. The summed E-state index contributed by atoms with van der Waals surface area (Å²) in [6.45, 7) is 0.362. The number of rotatable bonds is 8. The Morgan fingerprint density at radius 3 is 2.41 bits per heavy atom. The summed E-state index contributed by atoms with van der Waals surface area (Å²) in [5.41, 5.74) is 3.45. The Morgan fingerprint density at radius 1 is 0.923 bits per heavy atom. The van der Waals surface area contributed by atoms with Crippen molar-refractivity contribution in [2.75, 3.05) is 5.32 Å². The van der Waals surface area contributed by atoms with E-state index in [-0.39, 0.29) is 40.9 Å². The summed E-state index contributed by atoms with van der Waals surface area (Å²) >= 11 is 0. The van der Waals surface area contributed by atoms with Crippen LogP contribution in [0.1, 0.15) is 5.69 Å². The number of nitrogens with zero attached hydrogens (tertiary/aromatic N) is 4. The number of anilines is 1. The van der Waals surface area contributed by atoms with Gasteiger partial charge in [0, 0.05) is 24.2 Å². The minimum absolute atomic E-state index is 0. The van der Waals surface area contributed by atoms with Crippen molar-refractivity contribution < 1.29 is 52.3 Å². The molecule has 0 spiro atoms. The molecule has 0 saturated heterocycles. The molecule has 2 aromatic carbocycles. The predicted molar refractivity (Wildman–Crippen MR) is 140 cm³/mol. The number of nitrogens with one attached hydrogen (secondary N) is 2. The average molecular weight is 571 g/mol. The Kier molecular flexibility index (Phi) is 8.90. The molecule has 14 heteroatoms. The molecule has 192 valence electrons. The quantitative estimate of drug-likeness (QED) is 0.172. The van der Waals surface area contributed by atoms with Crippen LogP contribution in [-0.4, -0.2) is 33.2 Å². The monoisotopic (exact) mass is 570 g/mol. The first kappa shape index (κ1) is 28.9. The van der Waals surface area contributed by atoms with Crippen LogP contribution < -0.4 is 44.3 Å². The van der Waals surface area contributed by atoms with Gasteiger partial charge >= 0.3 is 29.6 Å². The van der Waals surface area contributed by atoms with Gasteiger partial charge in [-0.25, -0.2) is 18.4 Å². The van der Waals surface area contributed by atoms with E-state index < -0.39 is 22.7 Å². The Balaban J connectivity index is 0.00000353. The maximum Gasteiger partial charge on any atom is 1.00 e. The van der Waals surface area contributed by atoms with Crippen molar-refractivity contribution in [3.05, 3.63) is 97.1 Å². The second-order valence-corrected chi connectivity index (χ2v) is 11.4. The number of hydrogen-bond donors (Lipinski definition) is 3. The fraction of sp³-hybridized carbons (Fsp3) is 0.0400. The minimum atomic E-state index is -5.32. The first-order chi connectivity index (χ1) is 18.2. The van der Waals surface area contributed by atoms with Gasteiger partial charge in [0.2, 0.25) is 17.8 Å². The molecule has 3 N–H and O–H groups in total. The van der Waals surface area contributed by atoms with E-state index in [1.165, 1.54) is 16.8 Å². The van der Waals surface area contributed by atoms with Crippen LogP contribution in [0.2, 0.25) is 0 Å². The van der Waals surface area contributed by atoms with Gasteiger partial charge in [0.05, 0.1) is 23.1 Å². The number of hydrogen-bond acceptors (Lipinski definition) is 9. The zero-order chi connectivity index (χ0) is 26.8. The van der Waals surface area contributed by atoms with E-state index in [2.05, 4.69) is 20.3 Å². The molecule has 11 nitrogen and oxygen atoms in total. The molecule has 5 rings (SSSR count). The van der Waals surface area contributed by atoms with Crippen LogP contribution in [0.25, 0.3) is 33.4 Å². The van der Waals surface area contributed by atoms with Crippen molar-refractivity contribution in [1.29, 1.82) is 0 Å². The number of benzene rings is 2. The number of pyridine rings is 2. The van der Waals surface area contributed by atoms with Gasteiger partial charge in [0.1, 0.15) is 10.7 Å². The SMILES string of the molecule is O=P([O-])(O)NS(=O)(=O)c1cncc(-c2nc(NCc3ccccn3)c3c(-c4ccccc4)cccc3n2)c1.[Na+]. The van der Waals surface area contributed by atoms with Crippen molar-refractivity contribution in [3.8, 4) is 22.5 Å². The summed E-state index contributed by atoms with van der Waals surface area (Å²) in [7, 11) is -9.92. The molecule has 0 aliphatic carbocycles. The Labute approximate surface area is 246 Å². The van der Waals surface area contributed by atoms with E-state index >= 15 is 0 Å². The summed E-state index contributed by atoms with van der Waals surface area (Å²) in [6.07, 6.45) is 4.00. The van der Waals surface area contributed by atoms with Crippen molar-refractivity contribution in [2.45, 2.75) is 11.4 Å². The van der Waals surface area contributed by atoms with E-state index in [9.17, 15) is 17.9 Å². The van der Waals surface area contributed by atoms with Crippen molar-refractivity contribution in [2.24, 2.45) is 0 Å². The van der Waals surface area contributed by atoms with Crippen molar-refractivity contribution in [1.82, 2.24) is 24.4 Å². The van der Waals surface area contributed by atoms with Crippen molar-refractivity contribution >= 4 is 34.5 Å². The Morgan fingerprint density at radius 2 is 1.69 bits per heavy atom. The van der Waals surface area contributed by atoms with Gasteiger partial charge < -0.3 is 15.1 Å². The third kappa shape index (κ3) is 6.93. The van der Waals surface area contributed by atoms with Gasteiger partial charge in [-0.1, -0.05) is 48.5 Å². The maximum atomic E-state index is 12.4. The Bertz CT molecular complexity index is 1770. The molecule has 0 aliphatic heterocycles. The van der Waals surface area contributed by atoms with E-state index in [1.807, 2.05) is 66.7 Å². The summed E-state index contributed by atoms with van der Waals surface area (Å²) < 4.78 is 37.2. The van der Waals surface area contributed by atoms with Crippen LogP contribution in [0.15, 0.2) is 96.3 Å². The smallest absolute Gasteiger partial charge is 0.766 e. The van der Waals surface area contributed by atoms with Gasteiger partial charge in [-0.3, -0.25) is 14.5 Å². The normalized spacial score (nSPS) is 12.9. The summed E-state index contributed by atoms with van der Waals surface area (Å²) in [6, 6.07) is 22.1. The van der Waals surface area contributed by atoms with Crippen LogP contribution in [0.5, 0.6) is 0 Å². The number of aromatic nitrogens is 4. The third-order valence-corrected chi connectivity index (χ3v) is 8.22. The molecule has 0 saturated carbocycles. The second-order valence-electron chi connectivity index (χ2n) is 8.16. The molecule has 0 aliphatic rings. The zero-order valence-electron chi connectivity index (χ0n) is 20.6. The fourth-order valence-corrected chi connectivity index (χ4v) is 5.99. The van der Waals surface area contributed by atoms with Crippen LogP contribution in [0.4, 0.5) is 5.82 Å². The molecule has 1 unspecified atom stereocenters. The predicted octanol–water partition coefficient (Wildman–Crippen LogP) is 0.109. The van der Waals surface area contributed by atoms with Gasteiger partial charge in [0.25, 0.3) is 0 Å². The molecule has 3 aromatic heterocycles. The van der Waals surface area contributed by atoms with Crippen LogP contribution in [-0.2, 0) is 21.1 Å². The first-order valence-electron chi connectivity index (χ1n) is 11.2. The number of fused-ring (bicyclic) bond motifs is 1. The number of sulfonamides is 1. The topological polar surface area (TPSA) is 170 Å². The Hall–Kier alpha value is -3.06. The minimum Gasteiger partial charge on any atom is -0.766 e. The van der Waals surface area contributed by atoms with E-state index in [1.54, 1.807) is 6.20 Å². The molecule has 0 bridgehead atoms. The molecule has 1 atom stereocenters. The molecular formula is C25H20N6NaO5PS. The molecule has 3 heterocycles. The molecular weight excluding hydrogens is 550 g/mol. The van der Waals surface area contributed by atoms with E-state index in [4.69, 9.17) is 9.88 Å². The summed E-state index contributed by atoms with van der Waals surface area (Å²) in [5, 5.41) is 4.08. The van der Waals surface area contributed by atoms with Crippen molar-refractivity contribution in [3.63, 3.8) is 0 Å².